The lowest BCUT2D eigenvalue weighted by Gasteiger charge is -2.42. The van der Waals surface area contributed by atoms with Gasteiger partial charge in [-0.3, -0.25) is 29.0 Å². The smallest absolute Gasteiger partial charge is 0.382 e. The van der Waals surface area contributed by atoms with Gasteiger partial charge in [0, 0.05) is 69.6 Å². The van der Waals surface area contributed by atoms with Crippen LogP contribution < -0.4 is 10.6 Å². The number of hydrogen-bond donors (Lipinski definition) is 4. The molecule has 14 heteroatoms. The molecule has 1 aliphatic carbocycles. The van der Waals surface area contributed by atoms with Crippen molar-refractivity contribution < 1.29 is 39.0 Å². The summed E-state index contributed by atoms with van der Waals surface area (Å²) in [6.45, 7) is 7.71. The Morgan fingerprint density at radius 3 is 2.35 bits per heavy atom. The number of amides is 4. The molecule has 0 saturated carbocycles. The highest BCUT2D eigenvalue weighted by atomic mass is 16.7. The van der Waals surface area contributed by atoms with E-state index in [1.165, 1.54) is 12.3 Å². The Labute approximate surface area is 320 Å². The molecule has 2 aromatic carbocycles. The second-order valence-electron chi connectivity index (χ2n) is 15.7. The Balaban J connectivity index is 1.11. The summed E-state index contributed by atoms with van der Waals surface area (Å²) >= 11 is 0. The molecule has 4 amide bonds. The molecular weight excluding hydrogens is 704 g/mol. The molecule has 5 atom stereocenters. The average Bonchev–Trinajstić information content (AvgIpc) is 3.64. The van der Waals surface area contributed by atoms with Crippen LogP contribution in [-0.4, -0.2) is 110 Å². The van der Waals surface area contributed by atoms with E-state index in [2.05, 4.69) is 20.5 Å². The minimum absolute atomic E-state index is 0.00656. The average molecular weight is 755 g/mol. The van der Waals surface area contributed by atoms with E-state index in [0.717, 1.165) is 22.3 Å². The molecule has 2 fully saturated rings. The number of aliphatic hydroxyl groups is 2. The number of fused-ring (bicyclic) bond motifs is 1. The third-order valence-electron chi connectivity index (χ3n) is 10.2. The van der Waals surface area contributed by atoms with Gasteiger partial charge < -0.3 is 25.7 Å². The quantitative estimate of drug-likeness (QED) is 0.188. The van der Waals surface area contributed by atoms with E-state index < -0.39 is 53.5 Å². The predicted molar refractivity (Wildman–Crippen MR) is 201 cm³/mol. The molecule has 14 nitrogen and oxygen atoms in total. The van der Waals surface area contributed by atoms with Gasteiger partial charge >= 0.3 is 5.97 Å². The number of carbonyl (C=O) groups is 5. The Kier molecular flexibility index (Phi) is 12.4. The Morgan fingerprint density at radius 2 is 1.65 bits per heavy atom. The summed E-state index contributed by atoms with van der Waals surface area (Å²) in [6, 6.07) is 19.4. The number of hydroxylamine groups is 2. The lowest BCUT2D eigenvalue weighted by atomic mass is 9.91. The molecule has 0 spiro atoms. The van der Waals surface area contributed by atoms with E-state index in [1.54, 1.807) is 6.07 Å². The summed E-state index contributed by atoms with van der Waals surface area (Å²) < 4.78 is 0. The van der Waals surface area contributed by atoms with Gasteiger partial charge in [0.05, 0.1) is 18.2 Å². The first-order valence-electron chi connectivity index (χ1n) is 18.8. The van der Waals surface area contributed by atoms with Crippen molar-refractivity contribution in [3.05, 3.63) is 101 Å². The first-order valence-corrected chi connectivity index (χ1v) is 18.8. The summed E-state index contributed by atoms with van der Waals surface area (Å²) in [5.41, 5.74) is 3.08. The van der Waals surface area contributed by atoms with Gasteiger partial charge in [-0.15, -0.1) is 5.06 Å². The van der Waals surface area contributed by atoms with Crippen LogP contribution >= 0.6 is 0 Å². The SMILES string of the molecule is CC(C)(C)NC(=O)C1CN(Cc2ccc(C(=O)ON3C(=O)CCC3=O)nc2)CCN1CC(O)CC(Cc1ccccc1)C(=O)NC1c2ccccc2CC1O. The summed E-state index contributed by atoms with van der Waals surface area (Å²) in [7, 11) is 0. The fourth-order valence-corrected chi connectivity index (χ4v) is 7.50. The molecule has 292 valence electrons. The number of carbonyl (C=O) groups excluding carboxylic acids is 5. The second kappa shape index (κ2) is 17.2. The van der Waals surface area contributed by atoms with Crippen molar-refractivity contribution in [2.45, 2.75) is 89.3 Å². The zero-order chi connectivity index (χ0) is 39.3. The van der Waals surface area contributed by atoms with Crippen LogP contribution in [0.3, 0.4) is 0 Å². The number of β-amino-alcohol motifs (C(OH)–C–C–N with tert-alkyl or cyclic N) is 1. The third-order valence-corrected chi connectivity index (χ3v) is 10.2. The van der Waals surface area contributed by atoms with Crippen molar-refractivity contribution in [2.24, 2.45) is 5.92 Å². The van der Waals surface area contributed by atoms with E-state index in [-0.39, 0.29) is 43.3 Å². The van der Waals surface area contributed by atoms with Crippen molar-refractivity contribution in [1.29, 1.82) is 0 Å². The topological polar surface area (TPSA) is 182 Å². The van der Waals surface area contributed by atoms with Gasteiger partial charge in [-0.25, -0.2) is 9.78 Å². The fourth-order valence-electron chi connectivity index (χ4n) is 7.50. The highest BCUT2D eigenvalue weighted by Gasteiger charge is 2.38. The lowest BCUT2D eigenvalue weighted by Crippen LogP contribution is -2.61. The molecule has 5 unspecified atom stereocenters. The third kappa shape index (κ3) is 10.2. The van der Waals surface area contributed by atoms with Crippen molar-refractivity contribution in [1.82, 2.24) is 30.5 Å². The number of nitrogens with zero attached hydrogens (tertiary/aromatic N) is 4. The maximum Gasteiger partial charge on any atom is 0.382 e. The number of benzene rings is 2. The predicted octanol–water partition coefficient (Wildman–Crippen LogP) is 2.09. The van der Waals surface area contributed by atoms with Gasteiger partial charge in [0.25, 0.3) is 11.8 Å². The van der Waals surface area contributed by atoms with E-state index in [0.29, 0.717) is 44.1 Å². The number of imide groups is 1. The van der Waals surface area contributed by atoms with Gasteiger partial charge in [0.1, 0.15) is 6.04 Å². The van der Waals surface area contributed by atoms with Crippen LogP contribution in [0.5, 0.6) is 0 Å². The minimum Gasteiger partial charge on any atom is -0.392 e. The van der Waals surface area contributed by atoms with Crippen LogP contribution in [0.1, 0.15) is 78.8 Å². The molecule has 2 saturated heterocycles. The van der Waals surface area contributed by atoms with Crippen LogP contribution in [0.2, 0.25) is 0 Å². The monoisotopic (exact) mass is 754 g/mol. The van der Waals surface area contributed by atoms with Crippen molar-refractivity contribution in [2.75, 3.05) is 26.2 Å². The van der Waals surface area contributed by atoms with Crippen LogP contribution in [-0.2, 0) is 43.4 Å². The van der Waals surface area contributed by atoms with Crippen LogP contribution in [0.15, 0.2) is 72.9 Å². The Bertz CT molecular complexity index is 1850. The first-order chi connectivity index (χ1) is 26.2. The number of rotatable bonds is 13. The van der Waals surface area contributed by atoms with Crippen LogP contribution in [0, 0.1) is 5.92 Å². The zero-order valence-corrected chi connectivity index (χ0v) is 31.5. The highest BCUT2D eigenvalue weighted by Crippen LogP contribution is 2.32. The highest BCUT2D eigenvalue weighted by molar-refractivity contribution is 6.02. The number of hydrogen-bond acceptors (Lipinski definition) is 11. The maximum atomic E-state index is 13.9. The molecule has 1 aromatic heterocycles. The van der Waals surface area contributed by atoms with Gasteiger partial charge in [0.2, 0.25) is 11.8 Å². The number of pyridine rings is 1. The number of aliphatic hydroxyl groups excluding tert-OH is 2. The number of aromatic nitrogens is 1. The van der Waals surface area contributed by atoms with Crippen molar-refractivity contribution in [3.63, 3.8) is 0 Å². The maximum absolute atomic E-state index is 13.9. The molecule has 4 N–H and O–H groups in total. The number of nitrogens with one attached hydrogen (secondary N) is 2. The normalized spacial score (nSPS) is 21.5. The molecule has 0 radical (unpaired) electrons. The summed E-state index contributed by atoms with van der Waals surface area (Å²) in [5, 5.41) is 29.1. The van der Waals surface area contributed by atoms with Gasteiger partial charge in [-0.1, -0.05) is 60.7 Å². The molecule has 0 bridgehead atoms. The van der Waals surface area contributed by atoms with E-state index in [4.69, 9.17) is 4.84 Å². The van der Waals surface area contributed by atoms with Crippen molar-refractivity contribution in [3.8, 4) is 0 Å². The van der Waals surface area contributed by atoms with E-state index >= 15 is 0 Å². The molecule has 3 aromatic rings. The Morgan fingerprint density at radius 1 is 0.945 bits per heavy atom. The molecule has 55 heavy (non-hydrogen) atoms. The first kappa shape index (κ1) is 39.7. The van der Waals surface area contributed by atoms with E-state index in [9.17, 15) is 34.2 Å². The minimum atomic E-state index is -0.931. The van der Waals surface area contributed by atoms with Gasteiger partial charge in [0.15, 0.2) is 5.69 Å². The standard InChI is InChI=1S/C41H50N6O8/c1-41(2,3)44-39(53)33-25-45(23-27-13-14-32(42-22-27)40(54)55-47-35(50)15-16-36(47)51)17-18-46(33)24-30(48)20-29(19-26-9-5-4-6-10-26)38(52)43-37-31-12-8-7-11-28(31)21-34(37)49/h4-14,22,29-30,33-34,37,48-49H,15-21,23-25H2,1-3H3,(H,43,52)(H,44,53). The van der Waals surface area contributed by atoms with Crippen LogP contribution in [0.25, 0.3) is 0 Å². The molecule has 3 aliphatic rings. The van der Waals surface area contributed by atoms with Crippen molar-refractivity contribution >= 4 is 29.6 Å². The zero-order valence-electron chi connectivity index (χ0n) is 31.5. The van der Waals surface area contributed by atoms with E-state index in [1.807, 2.05) is 80.3 Å². The van der Waals surface area contributed by atoms with Crippen LogP contribution in [0.4, 0.5) is 0 Å². The van der Waals surface area contributed by atoms with Gasteiger partial charge in [-0.05, 0) is 61.9 Å². The fraction of sp³-hybridized carbons (Fsp3) is 0.463. The lowest BCUT2D eigenvalue weighted by molar-refractivity contribution is -0.172. The molecule has 3 heterocycles. The summed E-state index contributed by atoms with van der Waals surface area (Å²) in [5.74, 6) is -3.08. The number of piperazine rings is 1. The summed E-state index contributed by atoms with van der Waals surface area (Å²) in [6.07, 6.45) is 0.838. The largest absolute Gasteiger partial charge is 0.392 e. The Hall–Kier alpha value is -5.02. The van der Waals surface area contributed by atoms with Gasteiger partial charge in [-0.2, -0.15) is 0 Å². The summed E-state index contributed by atoms with van der Waals surface area (Å²) in [4.78, 5) is 77.1. The second-order valence-corrected chi connectivity index (χ2v) is 15.7. The molecule has 6 rings (SSSR count). The molecule has 2 aliphatic heterocycles. The molecular formula is C41H50N6O8.